The Balaban J connectivity index is 1.53. The van der Waals surface area contributed by atoms with Gasteiger partial charge < -0.3 is 24.7 Å². The van der Waals surface area contributed by atoms with E-state index in [4.69, 9.17) is 14.0 Å². The van der Waals surface area contributed by atoms with Gasteiger partial charge in [-0.25, -0.2) is 0 Å². The minimum Gasteiger partial charge on any atom is -0.472 e. The Morgan fingerprint density at radius 1 is 1.20 bits per heavy atom. The fourth-order valence-electron chi connectivity index (χ4n) is 2.13. The van der Waals surface area contributed by atoms with Crippen molar-refractivity contribution in [3.05, 3.63) is 54.2 Å². The molecule has 0 radical (unpaired) electrons. The van der Waals surface area contributed by atoms with Crippen molar-refractivity contribution in [1.29, 1.82) is 0 Å². The van der Waals surface area contributed by atoms with Gasteiger partial charge in [-0.05, 0) is 36.8 Å². The molecule has 3 rings (SSSR count). The number of benzene rings is 1. The van der Waals surface area contributed by atoms with Gasteiger partial charge in [0.2, 0.25) is 0 Å². The first-order chi connectivity index (χ1) is 12.3. The molecule has 0 unspecified atom stereocenters. The molecule has 0 aliphatic carbocycles. The Kier molecular flexibility index (Phi) is 5.43. The Morgan fingerprint density at radius 3 is 2.76 bits per heavy atom. The molecule has 1 amide bonds. The molecular formula is C17H18N4O4. The molecule has 0 bridgehead atoms. The van der Waals surface area contributed by atoms with Crippen molar-refractivity contribution in [1.82, 2.24) is 15.5 Å². The van der Waals surface area contributed by atoms with Crippen molar-refractivity contribution in [2.24, 2.45) is 0 Å². The molecule has 3 aromatic rings. The number of carbonyl (C=O) groups excluding carboxylic acids is 1. The second kappa shape index (κ2) is 8.11. The number of furan rings is 1. The van der Waals surface area contributed by atoms with Crippen LogP contribution in [-0.4, -0.2) is 34.3 Å². The number of nitrogens with one attached hydrogen (secondary N) is 2. The molecule has 0 spiro atoms. The monoisotopic (exact) mass is 342 g/mol. The van der Waals surface area contributed by atoms with E-state index in [1.807, 2.05) is 0 Å². The van der Waals surface area contributed by atoms with Crippen molar-refractivity contribution >= 4 is 11.6 Å². The molecule has 8 nitrogen and oxygen atoms in total. The van der Waals surface area contributed by atoms with Gasteiger partial charge in [0, 0.05) is 24.4 Å². The van der Waals surface area contributed by atoms with Gasteiger partial charge in [0.15, 0.2) is 5.82 Å². The van der Waals surface area contributed by atoms with Gasteiger partial charge in [0.05, 0.1) is 18.4 Å². The maximum atomic E-state index is 11.9. The molecule has 8 heteroatoms. The van der Waals surface area contributed by atoms with Crippen LogP contribution in [0.3, 0.4) is 0 Å². The van der Waals surface area contributed by atoms with E-state index in [-0.39, 0.29) is 12.5 Å². The summed E-state index contributed by atoms with van der Waals surface area (Å²) in [6, 6.07) is 8.80. The predicted molar refractivity (Wildman–Crippen MR) is 89.8 cm³/mol. The highest BCUT2D eigenvalue weighted by Gasteiger charge is 2.10. The number of anilines is 1. The van der Waals surface area contributed by atoms with Crippen molar-refractivity contribution in [2.45, 2.75) is 13.0 Å². The van der Waals surface area contributed by atoms with Crippen LogP contribution in [0.5, 0.6) is 0 Å². The fourth-order valence-corrected chi connectivity index (χ4v) is 2.13. The van der Waals surface area contributed by atoms with Crippen molar-refractivity contribution < 1.29 is 18.8 Å². The predicted octanol–water partition coefficient (Wildman–Crippen LogP) is 2.05. The summed E-state index contributed by atoms with van der Waals surface area (Å²) in [5, 5.41) is 18.5. The molecule has 0 aliphatic heterocycles. The summed E-state index contributed by atoms with van der Waals surface area (Å²) >= 11 is 0. The van der Waals surface area contributed by atoms with E-state index < -0.39 is 0 Å². The summed E-state index contributed by atoms with van der Waals surface area (Å²) in [5.74, 6) is 0.755. The largest absolute Gasteiger partial charge is 0.472 e. The van der Waals surface area contributed by atoms with Gasteiger partial charge in [-0.2, -0.15) is 4.98 Å². The molecule has 1 aromatic carbocycles. The molecule has 130 valence electrons. The number of aliphatic hydroxyl groups is 1. The Hall–Kier alpha value is -3.13. The lowest BCUT2D eigenvalue weighted by atomic mass is 10.2. The number of rotatable bonds is 8. The third-order valence-electron chi connectivity index (χ3n) is 3.45. The molecule has 0 aliphatic rings. The number of aromatic nitrogens is 2. The highest BCUT2D eigenvalue weighted by molar-refractivity contribution is 5.94. The van der Waals surface area contributed by atoms with Crippen molar-refractivity contribution in [3.8, 4) is 11.5 Å². The Labute approximate surface area is 143 Å². The molecule has 25 heavy (non-hydrogen) atoms. The summed E-state index contributed by atoms with van der Waals surface area (Å²) < 4.78 is 10.1. The Morgan fingerprint density at radius 2 is 2.04 bits per heavy atom. The lowest BCUT2D eigenvalue weighted by Gasteiger charge is -2.06. The zero-order valence-electron chi connectivity index (χ0n) is 13.4. The smallest absolute Gasteiger partial charge is 0.261 e. The number of aliphatic hydroxyl groups excluding tert-OH is 1. The van der Waals surface area contributed by atoms with E-state index in [9.17, 15) is 4.79 Å². The van der Waals surface area contributed by atoms with Crippen LogP contribution >= 0.6 is 0 Å². The zero-order valence-corrected chi connectivity index (χ0v) is 13.4. The maximum Gasteiger partial charge on any atom is 0.261 e. The minimum atomic E-state index is -0.164. The van der Waals surface area contributed by atoms with Crippen molar-refractivity contribution in [2.75, 3.05) is 18.5 Å². The average molecular weight is 342 g/mol. The Bertz CT molecular complexity index is 796. The third kappa shape index (κ3) is 4.45. The van der Waals surface area contributed by atoms with E-state index in [1.165, 1.54) is 6.26 Å². The van der Waals surface area contributed by atoms with Gasteiger partial charge in [0.25, 0.3) is 11.8 Å². The first kappa shape index (κ1) is 16.7. The van der Waals surface area contributed by atoms with Gasteiger partial charge in [0.1, 0.15) is 6.26 Å². The van der Waals surface area contributed by atoms with E-state index >= 15 is 0 Å². The number of nitrogens with zero attached hydrogens (tertiary/aromatic N) is 2. The van der Waals surface area contributed by atoms with Crippen molar-refractivity contribution in [3.63, 3.8) is 0 Å². The summed E-state index contributed by atoms with van der Waals surface area (Å²) in [5.41, 5.74) is 2.13. The standard InChI is InChI=1S/C17H18N4O4/c22-8-1-7-18-16(23)12-2-4-14(5-3-12)19-10-15-20-17(25-21-15)13-6-9-24-11-13/h2-6,9,11,19,22H,1,7-8,10H2,(H,18,23). The van der Waals surface area contributed by atoms with Gasteiger partial charge >= 0.3 is 0 Å². The first-order valence-corrected chi connectivity index (χ1v) is 7.84. The second-order valence-corrected chi connectivity index (χ2v) is 5.29. The van der Waals surface area contributed by atoms with E-state index in [0.717, 1.165) is 11.3 Å². The molecule has 0 atom stereocenters. The number of hydrogen-bond donors (Lipinski definition) is 3. The zero-order chi connectivity index (χ0) is 17.5. The number of carbonyl (C=O) groups is 1. The van der Waals surface area contributed by atoms with Gasteiger partial charge in [-0.1, -0.05) is 5.16 Å². The van der Waals surface area contributed by atoms with Crippen LogP contribution in [0.15, 0.2) is 51.8 Å². The molecule has 0 saturated heterocycles. The summed E-state index contributed by atoms with van der Waals surface area (Å²) in [4.78, 5) is 16.1. The van der Waals surface area contributed by atoms with Crippen LogP contribution in [0.2, 0.25) is 0 Å². The fraction of sp³-hybridized carbons (Fsp3) is 0.235. The lowest BCUT2D eigenvalue weighted by molar-refractivity contribution is 0.0951. The van der Waals surface area contributed by atoms with Gasteiger partial charge in [-0.3, -0.25) is 4.79 Å². The second-order valence-electron chi connectivity index (χ2n) is 5.29. The van der Waals surface area contributed by atoms with Crippen LogP contribution in [0, 0.1) is 0 Å². The molecule has 2 heterocycles. The highest BCUT2D eigenvalue weighted by Crippen LogP contribution is 2.17. The summed E-state index contributed by atoms with van der Waals surface area (Å²) in [6.45, 7) is 0.900. The molecule has 2 aromatic heterocycles. The van der Waals surface area contributed by atoms with Crippen LogP contribution < -0.4 is 10.6 Å². The topological polar surface area (TPSA) is 113 Å². The molecular weight excluding hydrogens is 324 g/mol. The molecule has 0 fully saturated rings. The number of amides is 1. The SMILES string of the molecule is O=C(NCCCO)c1ccc(NCc2noc(-c3ccoc3)n2)cc1. The van der Waals surface area contributed by atoms with Gasteiger partial charge in [-0.15, -0.1) is 0 Å². The van der Waals surface area contributed by atoms with Crippen LogP contribution in [-0.2, 0) is 6.54 Å². The summed E-state index contributed by atoms with van der Waals surface area (Å²) in [6.07, 6.45) is 3.62. The molecule has 3 N–H and O–H groups in total. The van der Waals surface area contributed by atoms with E-state index in [2.05, 4.69) is 20.8 Å². The normalized spacial score (nSPS) is 10.6. The minimum absolute atomic E-state index is 0.0571. The first-order valence-electron chi connectivity index (χ1n) is 7.84. The van der Waals surface area contributed by atoms with Crippen LogP contribution in [0.4, 0.5) is 5.69 Å². The van der Waals surface area contributed by atoms with E-state index in [1.54, 1.807) is 36.6 Å². The highest BCUT2D eigenvalue weighted by atomic mass is 16.5. The third-order valence-corrected chi connectivity index (χ3v) is 3.45. The number of hydrogen-bond acceptors (Lipinski definition) is 7. The average Bonchev–Trinajstić information content (AvgIpc) is 3.32. The lowest BCUT2D eigenvalue weighted by Crippen LogP contribution is -2.24. The summed E-state index contributed by atoms with van der Waals surface area (Å²) in [7, 11) is 0. The van der Waals surface area contributed by atoms with E-state index in [0.29, 0.717) is 36.8 Å². The van der Waals surface area contributed by atoms with Crippen LogP contribution in [0.1, 0.15) is 22.6 Å². The maximum absolute atomic E-state index is 11.9. The quantitative estimate of drug-likeness (QED) is 0.537. The molecule has 0 saturated carbocycles. The van der Waals surface area contributed by atoms with Crippen LogP contribution in [0.25, 0.3) is 11.5 Å².